The number of carbonyl (C=O) groups excluding carboxylic acids is 1. The first-order chi connectivity index (χ1) is 10.8. The lowest BCUT2D eigenvalue weighted by Crippen LogP contribution is -2.39. The number of hydrogen-bond acceptors (Lipinski definition) is 2. The Morgan fingerprint density at radius 1 is 0.909 bits per heavy atom. The van der Waals surface area contributed by atoms with Gasteiger partial charge in [-0.3, -0.25) is 4.79 Å². The third kappa shape index (κ3) is 3.48. The van der Waals surface area contributed by atoms with Crippen LogP contribution in [0.5, 0.6) is 0 Å². The van der Waals surface area contributed by atoms with Crippen LogP contribution in [0.1, 0.15) is 19.3 Å². The minimum Gasteiger partial charge on any atom is -0.376 e. The molecule has 1 N–H and O–H groups in total. The maximum atomic E-state index is 12.3. The first-order valence-corrected chi connectivity index (χ1v) is 8.01. The lowest BCUT2D eigenvalue weighted by atomic mass is 10.0. The second-order valence-electron chi connectivity index (χ2n) is 5.71. The molecule has 0 unspecified atom stereocenters. The molecule has 1 aliphatic heterocycles. The van der Waals surface area contributed by atoms with Gasteiger partial charge in [-0.25, -0.2) is 0 Å². The fourth-order valence-electron chi connectivity index (χ4n) is 2.93. The Balaban J connectivity index is 1.69. The molecule has 22 heavy (non-hydrogen) atoms. The van der Waals surface area contributed by atoms with Crippen LogP contribution in [0.15, 0.2) is 54.6 Å². The molecule has 1 amide bonds. The summed E-state index contributed by atoms with van der Waals surface area (Å²) >= 11 is 0. The molecular weight excluding hydrogens is 272 g/mol. The SMILES string of the molecule is O=C(CNc1ccccc1-c1ccccc1)N1CCCCC1. The normalized spacial score (nSPS) is 14.6. The Labute approximate surface area is 132 Å². The van der Waals surface area contributed by atoms with Gasteiger partial charge < -0.3 is 10.2 Å². The van der Waals surface area contributed by atoms with Gasteiger partial charge in [-0.1, -0.05) is 48.5 Å². The fourth-order valence-corrected chi connectivity index (χ4v) is 2.93. The summed E-state index contributed by atoms with van der Waals surface area (Å²) in [5.74, 6) is 0.197. The maximum absolute atomic E-state index is 12.3. The summed E-state index contributed by atoms with van der Waals surface area (Å²) in [5, 5.41) is 3.32. The molecular formula is C19H22N2O. The molecule has 3 nitrogen and oxygen atoms in total. The van der Waals surface area contributed by atoms with E-state index in [1.807, 2.05) is 41.3 Å². The summed E-state index contributed by atoms with van der Waals surface area (Å²) in [5.41, 5.74) is 3.31. The van der Waals surface area contributed by atoms with Gasteiger partial charge in [0.15, 0.2) is 0 Å². The van der Waals surface area contributed by atoms with Gasteiger partial charge in [-0.05, 0) is 30.9 Å². The predicted molar refractivity (Wildman–Crippen MR) is 90.8 cm³/mol. The van der Waals surface area contributed by atoms with E-state index in [1.165, 1.54) is 6.42 Å². The molecule has 0 spiro atoms. The quantitative estimate of drug-likeness (QED) is 0.930. The third-order valence-electron chi connectivity index (χ3n) is 4.15. The lowest BCUT2D eigenvalue weighted by Gasteiger charge is -2.27. The summed E-state index contributed by atoms with van der Waals surface area (Å²) in [4.78, 5) is 14.3. The number of piperidine rings is 1. The monoisotopic (exact) mass is 294 g/mol. The van der Waals surface area contributed by atoms with Crippen LogP contribution in [-0.4, -0.2) is 30.4 Å². The van der Waals surface area contributed by atoms with Gasteiger partial charge in [-0.15, -0.1) is 0 Å². The first-order valence-electron chi connectivity index (χ1n) is 8.01. The Kier molecular flexibility index (Phi) is 4.74. The summed E-state index contributed by atoms with van der Waals surface area (Å²) in [6.07, 6.45) is 3.51. The van der Waals surface area contributed by atoms with Crippen LogP contribution in [0.25, 0.3) is 11.1 Å². The Morgan fingerprint density at radius 3 is 2.36 bits per heavy atom. The number of likely N-dealkylation sites (tertiary alicyclic amines) is 1. The van der Waals surface area contributed by atoms with Crippen LogP contribution in [-0.2, 0) is 4.79 Å². The van der Waals surface area contributed by atoms with Crippen molar-refractivity contribution in [2.45, 2.75) is 19.3 Å². The molecule has 0 radical (unpaired) electrons. The smallest absolute Gasteiger partial charge is 0.241 e. The molecule has 1 aliphatic rings. The topological polar surface area (TPSA) is 32.3 Å². The van der Waals surface area contributed by atoms with E-state index in [1.54, 1.807) is 0 Å². The van der Waals surface area contributed by atoms with Gasteiger partial charge >= 0.3 is 0 Å². The molecule has 3 rings (SSSR count). The highest BCUT2D eigenvalue weighted by Gasteiger charge is 2.16. The van der Waals surface area contributed by atoms with Crippen molar-refractivity contribution in [3.8, 4) is 11.1 Å². The van der Waals surface area contributed by atoms with E-state index in [-0.39, 0.29) is 5.91 Å². The molecule has 114 valence electrons. The number of amides is 1. The number of rotatable bonds is 4. The van der Waals surface area contributed by atoms with E-state index in [9.17, 15) is 4.79 Å². The average Bonchev–Trinajstić information content (AvgIpc) is 2.61. The van der Waals surface area contributed by atoms with E-state index >= 15 is 0 Å². The van der Waals surface area contributed by atoms with Crippen LogP contribution in [0.2, 0.25) is 0 Å². The molecule has 0 aliphatic carbocycles. The Morgan fingerprint density at radius 2 is 1.59 bits per heavy atom. The molecule has 1 heterocycles. The van der Waals surface area contributed by atoms with Crippen LogP contribution >= 0.6 is 0 Å². The summed E-state index contributed by atoms with van der Waals surface area (Å²) < 4.78 is 0. The van der Waals surface area contributed by atoms with Crippen molar-refractivity contribution in [1.82, 2.24) is 4.90 Å². The van der Waals surface area contributed by atoms with Crippen molar-refractivity contribution < 1.29 is 4.79 Å². The summed E-state index contributed by atoms with van der Waals surface area (Å²) in [6, 6.07) is 18.4. The molecule has 0 aromatic heterocycles. The molecule has 3 heteroatoms. The molecule has 0 bridgehead atoms. The number of benzene rings is 2. The Bertz CT molecular complexity index is 618. The van der Waals surface area contributed by atoms with E-state index in [2.05, 4.69) is 23.5 Å². The van der Waals surface area contributed by atoms with Gasteiger partial charge in [-0.2, -0.15) is 0 Å². The van der Waals surface area contributed by atoms with Gasteiger partial charge in [0.05, 0.1) is 6.54 Å². The first kappa shape index (κ1) is 14.6. The number of nitrogens with zero attached hydrogens (tertiary/aromatic N) is 1. The molecule has 2 aromatic carbocycles. The lowest BCUT2D eigenvalue weighted by molar-refractivity contribution is -0.130. The van der Waals surface area contributed by atoms with Crippen LogP contribution in [0.3, 0.4) is 0 Å². The van der Waals surface area contributed by atoms with Crippen LogP contribution in [0.4, 0.5) is 5.69 Å². The Hall–Kier alpha value is -2.29. The fraction of sp³-hybridized carbons (Fsp3) is 0.316. The minimum atomic E-state index is 0.197. The van der Waals surface area contributed by atoms with E-state index in [0.29, 0.717) is 6.54 Å². The summed E-state index contributed by atoms with van der Waals surface area (Å²) in [6.45, 7) is 2.17. The standard InChI is InChI=1S/C19H22N2O/c22-19(21-13-7-2-8-14-21)15-20-18-12-6-5-11-17(18)16-9-3-1-4-10-16/h1,3-6,9-12,20H,2,7-8,13-15H2. The largest absolute Gasteiger partial charge is 0.376 e. The second kappa shape index (κ2) is 7.12. The molecule has 0 saturated carbocycles. The zero-order valence-corrected chi connectivity index (χ0v) is 12.8. The highest BCUT2D eigenvalue weighted by molar-refractivity contribution is 5.84. The molecule has 1 saturated heterocycles. The van der Waals surface area contributed by atoms with E-state index < -0.39 is 0 Å². The summed E-state index contributed by atoms with van der Waals surface area (Å²) in [7, 11) is 0. The minimum absolute atomic E-state index is 0.197. The maximum Gasteiger partial charge on any atom is 0.241 e. The number of carbonyl (C=O) groups is 1. The number of nitrogens with one attached hydrogen (secondary N) is 1. The van der Waals surface area contributed by atoms with Crippen molar-refractivity contribution in [1.29, 1.82) is 0 Å². The van der Waals surface area contributed by atoms with Crippen LogP contribution < -0.4 is 5.32 Å². The van der Waals surface area contributed by atoms with Gasteiger partial charge in [0, 0.05) is 24.3 Å². The second-order valence-corrected chi connectivity index (χ2v) is 5.71. The van der Waals surface area contributed by atoms with Crippen molar-refractivity contribution in [3.63, 3.8) is 0 Å². The van der Waals surface area contributed by atoms with Crippen molar-refractivity contribution in [3.05, 3.63) is 54.6 Å². The van der Waals surface area contributed by atoms with Crippen molar-refractivity contribution >= 4 is 11.6 Å². The number of hydrogen-bond donors (Lipinski definition) is 1. The van der Waals surface area contributed by atoms with E-state index in [4.69, 9.17) is 0 Å². The average molecular weight is 294 g/mol. The van der Waals surface area contributed by atoms with E-state index in [0.717, 1.165) is 42.7 Å². The zero-order valence-electron chi connectivity index (χ0n) is 12.8. The molecule has 1 fully saturated rings. The number of para-hydroxylation sites is 1. The van der Waals surface area contributed by atoms with Crippen molar-refractivity contribution in [2.24, 2.45) is 0 Å². The number of anilines is 1. The van der Waals surface area contributed by atoms with Gasteiger partial charge in [0.25, 0.3) is 0 Å². The predicted octanol–water partition coefficient (Wildman–Crippen LogP) is 3.78. The van der Waals surface area contributed by atoms with Gasteiger partial charge in [0.1, 0.15) is 0 Å². The van der Waals surface area contributed by atoms with Crippen molar-refractivity contribution in [2.75, 3.05) is 25.0 Å². The molecule has 0 atom stereocenters. The zero-order chi connectivity index (χ0) is 15.2. The molecule has 2 aromatic rings. The van der Waals surface area contributed by atoms with Gasteiger partial charge in [0.2, 0.25) is 5.91 Å². The third-order valence-corrected chi connectivity index (χ3v) is 4.15. The van der Waals surface area contributed by atoms with Crippen LogP contribution in [0, 0.1) is 0 Å². The highest BCUT2D eigenvalue weighted by Crippen LogP contribution is 2.27. The highest BCUT2D eigenvalue weighted by atomic mass is 16.2.